The SMILES string of the molecule is Cc1ccc(C(C)(C)C)c(Oc2ccc(CN)c(C)n2)c1. The van der Waals surface area contributed by atoms with Gasteiger partial charge in [0.2, 0.25) is 5.88 Å². The van der Waals surface area contributed by atoms with Crippen LogP contribution in [0.15, 0.2) is 30.3 Å². The van der Waals surface area contributed by atoms with Crippen molar-refractivity contribution < 1.29 is 4.74 Å². The Bertz CT molecular complexity index is 642. The molecule has 0 radical (unpaired) electrons. The summed E-state index contributed by atoms with van der Waals surface area (Å²) in [5.74, 6) is 1.48. The fourth-order valence-corrected chi connectivity index (χ4v) is 2.29. The molecule has 1 aromatic carbocycles. The lowest BCUT2D eigenvalue weighted by Crippen LogP contribution is -2.13. The molecule has 0 aliphatic heterocycles. The summed E-state index contributed by atoms with van der Waals surface area (Å²) >= 11 is 0. The van der Waals surface area contributed by atoms with E-state index in [1.807, 2.05) is 19.1 Å². The first-order chi connectivity index (χ1) is 9.81. The van der Waals surface area contributed by atoms with Crippen molar-refractivity contribution in [3.63, 3.8) is 0 Å². The van der Waals surface area contributed by atoms with E-state index < -0.39 is 0 Å². The van der Waals surface area contributed by atoms with Crippen molar-refractivity contribution in [3.8, 4) is 11.6 Å². The monoisotopic (exact) mass is 284 g/mol. The Morgan fingerprint density at radius 1 is 1.10 bits per heavy atom. The maximum Gasteiger partial charge on any atom is 0.219 e. The van der Waals surface area contributed by atoms with Gasteiger partial charge in [0.25, 0.3) is 0 Å². The van der Waals surface area contributed by atoms with Gasteiger partial charge in [-0.25, -0.2) is 4.98 Å². The zero-order chi connectivity index (χ0) is 15.6. The van der Waals surface area contributed by atoms with E-state index in [9.17, 15) is 0 Å². The molecule has 0 aliphatic carbocycles. The van der Waals surface area contributed by atoms with Gasteiger partial charge in [-0.3, -0.25) is 0 Å². The van der Waals surface area contributed by atoms with Crippen LogP contribution in [-0.4, -0.2) is 4.98 Å². The van der Waals surface area contributed by atoms with E-state index in [-0.39, 0.29) is 5.41 Å². The van der Waals surface area contributed by atoms with E-state index in [4.69, 9.17) is 10.5 Å². The first-order valence-electron chi connectivity index (χ1n) is 7.27. The zero-order valence-corrected chi connectivity index (χ0v) is 13.5. The second kappa shape index (κ2) is 5.86. The Kier molecular flexibility index (Phi) is 4.33. The summed E-state index contributed by atoms with van der Waals surface area (Å²) in [4.78, 5) is 4.49. The number of benzene rings is 1. The Hall–Kier alpha value is -1.87. The number of ether oxygens (including phenoxy) is 1. The van der Waals surface area contributed by atoms with Gasteiger partial charge in [-0.2, -0.15) is 0 Å². The highest BCUT2D eigenvalue weighted by atomic mass is 16.5. The molecule has 0 saturated heterocycles. The van der Waals surface area contributed by atoms with Gasteiger partial charge in [-0.05, 0) is 36.5 Å². The highest BCUT2D eigenvalue weighted by Gasteiger charge is 2.19. The number of nitrogens with zero attached hydrogens (tertiary/aromatic N) is 1. The third-order valence-electron chi connectivity index (χ3n) is 3.55. The molecule has 2 rings (SSSR count). The molecule has 1 heterocycles. The smallest absolute Gasteiger partial charge is 0.219 e. The topological polar surface area (TPSA) is 48.1 Å². The number of aryl methyl sites for hydroxylation is 2. The molecule has 0 atom stereocenters. The Morgan fingerprint density at radius 2 is 1.81 bits per heavy atom. The molecular formula is C18H24N2O. The van der Waals surface area contributed by atoms with E-state index in [1.54, 1.807) is 0 Å². The lowest BCUT2D eigenvalue weighted by Gasteiger charge is -2.23. The van der Waals surface area contributed by atoms with Gasteiger partial charge < -0.3 is 10.5 Å². The van der Waals surface area contributed by atoms with Crippen LogP contribution in [-0.2, 0) is 12.0 Å². The second-order valence-electron chi connectivity index (χ2n) is 6.45. The fourth-order valence-electron chi connectivity index (χ4n) is 2.29. The third kappa shape index (κ3) is 3.61. The van der Waals surface area contributed by atoms with Gasteiger partial charge >= 0.3 is 0 Å². The summed E-state index contributed by atoms with van der Waals surface area (Å²) in [6.07, 6.45) is 0. The lowest BCUT2D eigenvalue weighted by molar-refractivity contribution is 0.438. The summed E-state index contributed by atoms with van der Waals surface area (Å²) in [5, 5.41) is 0. The standard InChI is InChI=1S/C18H24N2O/c1-12-6-8-15(18(3,4)5)16(10-12)21-17-9-7-14(11-19)13(2)20-17/h6-10H,11,19H2,1-5H3. The van der Waals surface area contributed by atoms with E-state index in [0.29, 0.717) is 12.4 Å². The Labute approximate surface area is 127 Å². The van der Waals surface area contributed by atoms with Crippen LogP contribution in [0.25, 0.3) is 0 Å². The van der Waals surface area contributed by atoms with E-state index in [2.05, 4.69) is 50.9 Å². The molecule has 3 heteroatoms. The quantitative estimate of drug-likeness (QED) is 0.916. The number of rotatable bonds is 3. The summed E-state index contributed by atoms with van der Waals surface area (Å²) in [6.45, 7) is 11.1. The van der Waals surface area contributed by atoms with Gasteiger partial charge in [0.1, 0.15) is 5.75 Å². The molecule has 2 aromatic rings. The predicted octanol–water partition coefficient (Wildman–Crippen LogP) is 4.25. The molecule has 0 bridgehead atoms. The van der Waals surface area contributed by atoms with Crippen LogP contribution in [0.3, 0.4) is 0 Å². The molecule has 112 valence electrons. The van der Waals surface area contributed by atoms with Gasteiger partial charge in [-0.15, -0.1) is 0 Å². The highest BCUT2D eigenvalue weighted by molar-refractivity contribution is 5.43. The van der Waals surface area contributed by atoms with Gasteiger partial charge in [0.05, 0.1) is 0 Å². The summed E-state index contributed by atoms with van der Waals surface area (Å²) < 4.78 is 6.05. The minimum atomic E-state index is 0.0231. The molecule has 0 spiro atoms. The average molecular weight is 284 g/mol. The van der Waals surface area contributed by atoms with Crippen LogP contribution >= 0.6 is 0 Å². The van der Waals surface area contributed by atoms with Crippen molar-refractivity contribution in [3.05, 3.63) is 52.7 Å². The molecule has 1 aromatic heterocycles. The molecule has 0 saturated carbocycles. The van der Waals surface area contributed by atoms with E-state index >= 15 is 0 Å². The third-order valence-corrected chi connectivity index (χ3v) is 3.55. The zero-order valence-electron chi connectivity index (χ0n) is 13.5. The molecule has 21 heavy (non-hydrogen) atoms. The maximum atomic E-state index is 6.05. The first-order valence-corrected chi connectivity index (χ1v) is 7.27. The van der Waals surface area contributed by atoms with Crippen LogP contribution in [0.1, 0.15) is 43.2 Å². The highest BCUT2D eigenvalue weighted by Crippen LogP contribution is 2.34. The molecule has 0 aliphatic rings. The van der Waals surface area contributed by atoms with Gasteiger partial charge in [-0.1, -0.05) is 39.0 Å². The fraction of sp³-hybridized carbons (Fsp3) is 0.389. The van der Waals surface area contributed by atoms with Crippen LogP contribution in [0, 0.1) is 13.8 Å². The normalized spacial score (nSPS) is 11.5. The van der Waals surface area contributed by atoms with Crippen LogP contribution in [0.2, 0.25) is 0 Å². The molecule has 0 fully saturated rings. The maximum absolute atomic E-state index is 6.05. The first kappa shape index (κ1) is 15.5. The molecule has 0 amide bonds. The van der Waals surface area contributed by atoms with Crippen molar-refractivity contribution >= 4 is 0 Å². The van der Waals surface area contributed by atoms with Crippen molar-refractivity contribution in [2.45, 2.75) is 46.6 Å². The summed E-state index contributed by atoms with van der Waals surface area (Å²) in [7, 11) is 0. The summed E-state index contributed by atoms with van der Waals surface area (Å²) in [5.41, 5.74) is 10.0. The molecule has 0 unspecified atom stereocenters. The number of pyridine rings is 1. The number of hydrogen-bond donors (Lipinski definition) is 1. The van der Waals surface area contributed by atoms with Crippen molar-refractivity contribution in [1.82, 2.24) is 4.98 Å². The Balaban J connectivity index is 2.39. The molecular weight excluding hydrogens is 260 g/mol. The lowest BCUT2D eigenvalue weighted by atomic mass is 9.86. The minimum Gasteiger partial charge on any atom is -0.439 e. The number of aromatic nitrogens is 1. The average Bonchev–Trinajstić information content (AvgIpc) is 2.37. The molecule has 3 nitrogen and oxygen atoms in total. The predicted molar refractivity (Wildman–Crippen MR) is 86.8 cm³/mol. The molecule has 2 N–H and O–H groups in total. The van der Waals surface area contributed by atoms with Gasteiger partial charge in [0.15, 0.2) is 0 Å². The number of hydrogen-bond acceptors (Lipinski definition) is 3. The van der Waals surface area contributed by atoms with Crippen LogP contribution in [0.4, 0.5) is 0 Å². The van der Waals surface area contributed by atoms with Crippen molar-refractivity contribution in [2.24, 2.45) is 5.73 Å². The summed E-state index contributed by atoms with van der Waals surface area (Å²) in [6, 6.07) is 10.2. The van der Waals surface area contributed by atoms with Crippen molar-refractivity contribution in [2.75, 3.05) is 0 Å². The van der Waals surface area contributed by atoms with Crippen LogP contribution in [0.5, 0.6) is 11.6 Å². The van der Waals surface area contributed by atoms with Crippen molar-refractivity contribution in [1.29, 1.82) is 0 Å². The minimum absolute atomic E-state index is 0.0231. The van der Waals surface area contributed by atoms with Crippen LogP contribution < -0.4 is 10.5 Å². The Morgan fingerprint density at radius 3 is 2.38 bits per heavy atom. The largest absolute Gasteiger partial charge is 0.439 e. The number of nitrogens with two attached hydrogens (primary N) is 1. The van der Waals surface area contributed by atoms with Gasteiger partial charge in [0, 0.05) is 23.9 Å². The van der Waals surface area contributed by atoms with E-state index in [1.165, 1.54) is 11.1 Å². The van der Waals surface area contributed by atoms with E-state index in [0.717, 1.165) is 17.0 Å². The second-order valence-corrected chi connectivity index (χ2v) is 6.45.